The summed E-state index contributed by atoms with van der Waals surface area (Å²) in [6.07, 6.45) is 18.9. The van der Waals surface area contributed by atoms with Gasteiger partial charge in [0.2, 0.25) is 23.6 Å². The number of piperidine rings is 1. The van der Waals surface area contributed by atoms with Crippen LogP contribution in [0.25, 0.3) is 33.8 Å². The molecule has 250 valence electrons. The van der Waals surface area contributed by atoms with E-state index in [0.29, 0.717) is 61.5 Å². The average Bonchev–Trinajstić information content (AvgIpc) is 4.01. The maximum absolute atomic E-state index is 13.3. The van der Waals surface area contributed by atoms with Crippen LogP contribution in [-0.2, 0) is 20.9 Å². The minimum atomic E-state index is -0.437. The number of H-pyrrole nitrogens is 1. The van der Waals surface area contributed by atoms with Crippen LogP contribution in [-0.4, -0.2) is 61.6 Å². The summed E-state index contributed by atoms with van der Waals surface area (Å²) in [6, 6.07) is 12.9. The molecule has 3 heterocycles. The van der Waals surface area contributed by atoms with Crippen LogP contribution in [0.4, 0.5) is 5.69 Å². The zero-order valence-electron chi connectivity index (χ0n) is 27.6. The number of carbonyl (C=O) groups is 3. The van der Waals surface area contributed by atoms with E-state index in [0.717, 1.165) is 79.5 Å². The summed E-state index contributed by atoms with van der Waals surface area (Å²) in [6.45, 7) is 3.92. The zero-order valence-corrected chi connectivity index (χ0v) is 27.6. The number of fused-ring (bicyclic) bond motifs is 1. The van der Waals surface area contributed by atoms with Gasteiger partial charge in [-0.15, -0.1) is 12.8 Å². The number of anilines is 1. The highest BCUT2D eigenvalue weighted by molar-refractivity contribution is 5.97. The molecule has 4 aromatic rings. The standard InChI is InChI=1S/C36H42N6O4.C2H2/c1-2-15-41(33(43)17-23-9-10-23)22-32-39-28-14-13-25(20-29(28)40-32)31-21-37-36(46-31)26-6-5-7-27(19-26)38-35(45)30-8-3-4-16-42(30)34(44)18-24-11-12-24;1-2/h5-7,13-14,19-21,23-24,30H,2-4,8-12,15-18,22H2,1H3,(H,38,45)(H,39,40);1-2H/t30-;/m0./s1. The van der Waals surface area contributed by atoms with E-state index >= 15 is 0 Å². The number of aromatic amines is 1. The maximum Gasteiger partial charge on any atom is 0.247 e. The lowest BCUT2D eigenvalue weighted by Crippen LogP contribution is -2.50. The summed E-state index contributed by atoms with van der Waals surface area (Å²) in [4.78, 5) is 55.4. The molecule has 0 unspecified atom stereocenters. The molecule has 0 spiro atoms. The molecule has 10 heteroatoms. The number of hydrogen-bond acceptors (Lipinski definition) is 6. The predicted molar refractivity (Wildman–Crippen MR) is 185 cm³/mol. The van der Waals surface area contributed by atoms with Crippen LogP contribution in [0, 0.1) is 24.7 Å². The fraction of sp³-hybridized carbons (Fsp3) is 0.447. The van der Waals surface area contributed by atoms with Crippen LogP contribution in [0.2, 0.25) is 0 Å². The number of oxazole rings is 1. The second kappa shape index (κ2) is 14.9. The Morgan fingerprint density at radius 1 is 1.00 bits per heavy atom. The van der Waals surface area contributed by atoms with E-state index in [1.807, 2.05) is 47.4 Å². The highest BCUT2D eigenvalue weighted by atomic mass is 16.4. The number of rotatable bonds is 12. The molecule has 2 aliphatic carbocycles. The largest absolute Gasteiger partial charge is 0.436 e. The number of imidazole rings is 1. The normalized spacial score (nSPS) is 17.4. The van der Waals surface area contributed by atoms with E-state index in [4.69, 9.17) is 9.40 Å². The van der Waals surface area contributed by atoms with Crippen molar-refractivity contribution in [2.75, 3.05) is 18.4 Å². The van der Waals surface area contributed by atoms with Crippen molar-refractivity contribution in [2.45, 2.75) is 83.7 Å². The van der Waals surface area contributed by atoms with Crippen molar-refractivity contribution in [3.8, 4) is 35.6 Å². The van der Waals surface area contributed by atoms with Crippen molar-refractivity contribution in [1.29, 1.82) is 0 Å². The molecule has 2 aromatic carbocycles. The van der Waals surface area contributed by atoms with E-state index in [-0.39, 0.29) is 17.7 Å². The van der Waals surface area contributed by atoms with Crippen LogP contribution in [0.3, 0.4) is 0 Å². The van der Waals surface area contributed by atoms with Gasteiger partial charge in [-0.2, -0.15) is 0 Å². The maximum atomic E-state index is 13.3. The summed E-state index contributed by atoms with van der Waals surface area (Å²) in [7, 11) is 0. The minimum absolute atomic E-state index is 0.102. The molecule has 1 aliphatic heterocycles. The number of likely N-dealkylation sites (tertiary alicyclic amines) is 1. The third kappa shape index (κ3) is 7.96. The molecular weight excluding hydrogens is 604 g/mol. The Hall–Kier alpha value is -4.91. The van der Waals surface area contributed by atoms with Gasteiger partial charge in [0.05, 0.1) is 23.8 Å². The van der Waals surface area contributed by atoms with Gasteiger partial charge in [0, 0.05) is 42.7 Å². The van der Waals surface area contributed by atoms with Crippen LogP contribution < -0.4 is 5.32 Å². The summed E-state index contributed by atoms with van der Waals surface area (Å²) in [5.74, 6) is 3.04. The van der Waals surface area contributed by atoms with E-state index in [1.165, 1.54) is 0 Å². The Kier molecular flexibility index (Phi) is 10.2. The molecule has 2 N–H and O–H groups in total. The predicted octanol–water partition coefficient (Wildman–Crippen LogP) is 6.79. The first-order valence-corrected chi connectivity index (χ1v) is 17.2. The molecule has 7 rings (SSSR count). The Morgan fingerprint density at radius 2 is 1.79 bits per heavy atom. The van der Waals surface area contributed by atoms with E-state index < -0.39 is 6.04 Å². The number of nitrogens with one attached hydrogen (secondary N) is 2. The van der Waals surface area contributed by atoms with Gasteiger partial charge >= 0.3 is 0 Å². The van der Waals surface area contributed by atoms with Gasteiger partial charge in [0.15, 0.2) is 5.76 Å². The first-order valence-electron chi connectivity index (χ1n) is 17.2. The van der Waals surface area contributed by atoms with Crippen LogP contribution in [0.5, 0.6) is 0 Å². The minimum Gasteiger partial charge on any atom is -0.436 e. The molecule has 2 saturated carbocycles. The Morgan fingerprint density at radius 3 is 2.56 bits per heavy atom. The number of carbonyl (C=O) groups excluding carboxylic acids is 3. The molecule has 3 amide bonds. The number of hydrogen-bond donors (Lipinski definition) is 2. The molecule has 10 nitrogen and oxygen atoms in total. The molecule has 48 heavy (non-hydrogen) atoms. The first kappa shape index (κ1) is 33.0. The Balaban J connectivity index is 0.00000197. The van der Waals surface area contributed by atoms with Gasteiger partial charge in [-0.1, -0.05) is 13.0 Å². The first-order chi connectivity index (χ1) is 23.4. The topological polar surface area (TPSA) is 124 Å². The molecule has 0 radical (unpaired) electrons. The van der Waals surface area contributed by atoms with Gasteiger partial charge in [-0.05, 0) is 99.6 Å². The van der Waals surface area contributed by atoms with E-state index in [9.17, 15) is 14.4 Å². The quantitative estimate of drug-likeness (QED) is 0.163. The third-order valence-electron chi connectivity index (χ3n) is 9.33. The van der Waals surface area contributed by atoms with Crippen molar-refractivity contribution in [1.82, 2.24) is 24.8 Å². The van der Waals surface area contributed by atoms with Crippen molar-refractivity contribution >= 4 is 34.4 Å². The number of amides is 3. The number of benzene rings is 2. The monoisotopic (exact) mass is 648 g/mol. The van der Waals surface area contributed by atoms with Gasteiger partial charge in [0.25, 0.3) is 0 Å². The molecule has 2 aromatic heterocycles. The molecule has 3 fully saturated rings. The number of nitrogens with zero attached hydrogens (tertiary/aromatic N) is 4. The summed E-state index contributed by atoms with van der Waals surface area (Å²) in [5, 5.41) is 3.04. The van der Waals surface area contributed by atoms with Crippen molar-refractivity contribution < 1.29 is 18.8 Å². The van der Waals surface area contributed by atoms with Crippen molar-refractivity contribution in [3.05, 3.63) is 54.5 Å². The molecule has 3 aliphatic rings. The van der Waals surface area contributed by atoms with Gasteiger partial charge in [0.1, 0.15) is 11.9 Å². The molecule has 0 bridgehead atoms. The molecule has 1 atom stereocenters. The van der Waals surface area contributed by atoms with Crippen LogP contribution in [0.15, 0.2) is 53.1 Å². The Labute approximate surface area is 281 Å². The number of terminal acetylenes is 1. The molecular formula is C38H44N6O4. The second-order valence-corrected chi connectivity index (χ2v) is 13.2. The van der Waals surface area contributed by atoms with Crippen LogP contribution in [0.1, 0.15) is 77.0 Å². The second-order valence-electron chi connectivity index (χ2n) is 13.2. The van der Waals surface area contributed by atoms with Gasteiger partial charge < -0.3 is 24.5 Å². The highest BCUT2D eigenvalue weighted by Gasteiger charge is 2.35. The fourth-order valence-corrected chi connectivity index (χ4v) is 6.42. The van der Waals surface area contributed by atoms with Crippen molar-refractivity contribution in [3.63, 3.8) is 0 Å². The van der Waals surface area contributed by atoms with Crippen molar-refractivity contribution in [2.24, 2.45) is 11.8 Å². The summed E-state index contributed by atoms with van der Waals surface area (Å²) < 4.78 is 6.19. The summed E-state index contributed by atoms with van der Waals surface area (Å²) in [5.41, 5.74) is 3.94. The third-order valence-corrected chi connectivity index (χ3v) is 9.33. The smallest absolute Gasteiger partial charge is 0.247 e. The SMILES string of the molecule is C#C.CCCN(Cc1nc2ccc(-c3cnc(-c4cccc(NC(=O)[C@@H]5CCCCN5C(=O)CC5CC5)c4)o3)cc2[nH]1)C(=O)CC1CC1. The average molecular weight is 649 g/mol. The highest BCUT2D eigenvalue weighted by Crippen LogP contribution is 2.35. The van der Waals surface area contributed by atoms with Crippen LogP contribution >= 0.6 is 0 Å². The van der Waals surface area contributed by atoms with Gasteiger partial charge in [-0.25, -0.2) is 9.97 Å². The lowest BCUT2D eigenvalue weighted by atomic mass is 10.00. The fourth-order valence-electron chi connectivity index (χ4n) is 6.42. The lowest BCUT2D eigenvalue weighted by Gasteiger charge is -2.35. The summed E-state index contributed by atoms with van der Waals surface area (Å²) >= 11 is 0. The zero-order chi connectivity index (χ0) is 33.6. The number of aromatic nitrogens is 3. The molecule has 1 saturated heterocycles. The Bertz CT molecular complexity index is 1780. The van der Waals surface area contributed by atoms with E-state index in [2.05, 4.69) is 35.1 Å². The van der Waals surface area contributed by atoms with E-state index in [1.54, 1.807) is 11.1 Å². The van der Waals surface area contributed by atoms with Gasteiger partial charge in [-0.3, -0.25) is 14.4 Å². The lowest BCUT2D eigenvalue weighted by molar-refractivity contribution is -0.140.